The molecule has 1 aliphatic carbocycles. The number of nitrogens with two attached hydrogens (primary N) is 1. The number of benzene rings is 1. The number of halogens is 1. The fraction of sp³-hybridized carbons (Fsp3) is 0.294. The molecule has 1 heterocycles. The molecule has 0 unspecified atom stereocenters. The second-order valence-corrected chi connectivity index (χ2v) is 5.36. The van der Waals surface area contributed by atoms with Crippen LogP contribution in [0.5, 0.6) is 0 Å². The highest BCUT2D eigenvalue weighted by Crippen LogP contribution is 2.35. The molecule has 0 bridgehead atoms. The summed E-state index contributed by atoms with van der Waals surface area (Å²) >= 11 is 0. The van der Waals surface area contributed by atoms with Crippen LogP contribution in [0.1, 0.15) is 36.1 Å². The van der Waals surface area contributed by atoms with Gasteiger partial charge in [0.2, 0.25) is 0 Å². The minimum Gasteiger partial charge on any atom is -0.383 e. The van der Waals surface area contributed by atoms with Crippen molar-refractivity contribution < 1.29 is 4.39 Å². The Balaban J connectivity index is 2.31. The first-order valence-electron chi connectivity index (χ1n) is 7.18. The molecule has 1 aromatic carbocycles. The first-order chi connectivity index (χ1) is 10.2. The van der Waals surface area contributed by atoms with Crippen molar-refractivity contribution in [2.75, 3.05) is 5.73 Å². The van der Waals surface area contributed by atoms with Gasteiger partial charge in [-0.3, -0.25) is 0 Å². The van der Waals surface area contributed by atoms with E-state index in [0.29, 0.717) is 11.1 Å². The zero-order valence-electron chi connectivity index (χ0n) is 11.7. The Labute approximate surface area is 123 Å². The maximum absolute atomic E-state index is 13.6. The van der Waals surface area contributed by atoms with E-state index in [1.54, 1.807) is 6.07 Å². The average molecular weight is 281 g/mol. The SMILES string of the molecule is N#Cc1c(N)nc2c(c1-c1cccc(F)c1)CCCCC2. The molecule has 106 valence electrons. The Morgan fingerprint density at radius 3 is 2.76 bits per heavy atom. The molecule has 2 aromatic rings. The molecule has 21 heavy (non-hydrogen) atoms. The lowest BCUT2D eigenvalue weighted by molar-refractivity contribution is 0.628. The highest BCUT2D eigenvalue weighted by molar-refractivity contribution is 5.79. The van der Waals surface area contributed by atoms with Gasteiger partial charge in [-0.1, -0.05) is 18.6 Å². The summed E-state index contributed by atoms with van der Waals surface area (Å²) in [4.78, 5) is 4.41. The van der Waals surface area contributed by atoms with Gasteiger partial charge in [0.1, 0.15) is 23.3 Å². The standard InChI is InChI=1S/C17H16FN3/c18-12-6-4-5-11(9-12)16-13-7-2-1-3-8-15(13)21-17(20)14(16)10-19/h4-6,9H,1-3,7-8H2,(H2,20,21). The lowest BCUT2D eigenvalue weighted by Gasteiger charge is -2.15. The third-order valence-electron chi connectivity index (χ3n) is 3.98. The third kappa shape index (κ3) is 2.47. The number of aryl methyl sites for hydroxylation is 1. The van der Waals surface area contributed by atoms with Crippen LogP contribution in [0.3, 0.4) is 0 Å². The van der Waals surface area contributed by atoms with Crippen LogP contribution in [0.4, 0.5) is 10.2 Å². The second-order valence-electron chi connectivity index (χ2n) is 5.36. The van der Waals surface area contributed by atoms with E-state index in [1.165, 1.54) is 12.1 Å². The van der Waals surface area contributed by atoms with Gasteiger partial charge in [0.25, 0.3) is 0 Å². The minimum absolute atomic E-state index is 0.248. The Hall–Kier alpha value is -2.41. The smallest absolute Gasteiger partial charge is 0.142 e. The highest BCUT2D eigenvalue weighted by Gasteiger charge is 2.21. The number of hydrogen-bond acceptors (Lipinski definition) is 3. The van der Waals surface area contributed by atoms with Gasteiger partial charge in [0.05, 0.1) is 0 Å². The molecule has 0 saturated heterocycles. The molecular weight excluding hydrogens is 265 g/mol. The molecule has 3 nitrogen and oxygen atoms in total. The van der Waals surface area contributed by atoms with Crippen LogP contribution in [0.15, 0.2) is 24.3 Å². The van der Waals surface area contributed by atoms with E-state index in [1.807, 2.05) is 6.07 Å². The molecule has 1 aliphatic rings. The summed E-state index contributed by atoms with van der Waals surface area (Å²) in [6.07, 6.45) is 5.01. The molecule has 0 aliphatic heterocycles. The molecule has 2 N–H and O–H groups in total. The van der Waals surface area contributed by atoms with Crippen LogP contribution in [0.2, 0.25) is 0 Å². The Morgan fingerprint density at radius 2 is 2.00 bits per heavy atom. The van der Waals surface area contributed by atoms with Gasteiger partial charge in [0.15, 0.2) is 0 Å². The van der Waals surface area contributed by atoms with Gasteiger partial charge in [-0.15, -0.1) is 0 Å². The summed E-state index contributed by atoms with van der Waals surface area (Å²) in [5.41, 5.74) is 9.81. The summed E-state index contributed by atoms with van der Waals surface area (Å²) in [6, 6.07) is 8.48. The summed E-state index contributed by atoms with van der Waals surface area (Å²) in [5, 5.41) is 9.44. The molecule has 0 spiro atoms. The number of pyridine rings is 1. The van der Waals surface area contributed by atoms with Gasteiger partial charge in [-0.25, -0.2) is 9.37 Å². The maximum atomic E-state index is 13.6. The van der Waals surface area contributed by atoms with Gasteiger partial charge in [-0.2, -0.15) is 5.26 Å². The lowest BCUT2D eigenvalue weighted by atomic mass is 9.92. The molecule has 0 radical (unpaired) electrons. The first-order valence-corrected chi connectivity index (χ1v) is 7.18. The number of rotatable bonds is 1. The monoisotopic (exact) mass is 281 g/mol. The number of fused-ring (bicyclic) bond motifs is 1. The molecule has 0 fully saturated rings. The fourth-order valence-corrected chi connectivity index (χ4v) is 3.01. The first kappa shape index (κ1) is 13.6. The normalized spacial score (nSPS) is 14.1. The minimum atomic E-state index is -0.311. The maximum Gasteiger partial charge on any atom is 0.142 e. The zero-order chi connectivity index (χ0) is 14.8. The number of hydrogen-bond donors (Lipinski definition) is 1. The molecule has 0 atom stereocenters. The van der Waals surface area contributed by atoms with Crippen LogP contribution in [-0.2, 0) is 12.8 Å². The van der Waals surface area contributed by atoms with Crippen molar-refractivity contribution in [3.8, 4) is 17.2 Å². The van der Waals surface area contributed by atoms with E-state index in [0.717, 1.165) is 48.9 Å². The lowest BCUT2D eigenvalue weighted by Crippen LogP contribution is -2.07. The van der Waals surface area contributed by atoms with E-state index < -0.39 is 0 Å². The Bertz CT molecular complexity index is 732. The van der Waals surface area contributed by atoms with E-state index in [4.69, 9.17) is 5.73 Å². The Morgan fingerprint density at radius 1 is 1.19 bits per heavy atom. The predicted molar refractivity (Wildman–Crippen MR) is 80.0 cm³/mol. The number of anilines is 1. The Kier molecular flexibility index (Phi) is 3.57. The predicted octanol–water partition coefficient (Wildman–Crippen LogP) is 3.61. The van der Waals surface area contributed by atoms with Crippen molar-refractivity contribution in [2.24, 2.45) is 0 Å². The highest BCUT2D eigenvalue weighted by atomic mass is 19.1. The fourth-order valence-electron chi connectivity index (χ4n) is 3.01. The second kappa shape index (κ2) is 5.53. The van der Waals surface area contributed by atoms with Gasteiger partial charge >= 0.3 is 0 Å². The summed E-state index contributed by atoms with van der Waals surface area (Å²) < 4.78 is 13.6. The van der Waals surface area contributed by atoms with Crippen molar-refractivity contribution >= 4 is 5.82 Å². The van der Waals surface area contributed by atoms with Crippen LogP contribution in [0, 0.1) is 17.1 Å². The van der Waals surface area contributed by atoms with Crippen molar-refractivity contribution in [1.29, 1.82) is 5.26 Å². The van der Waals surface area contributed by atoms with E-state index in [-0.39, 0.29) is 11.6 Å². The summed E-state index contributed by atoms with van der Waals surface area (Å²) in [7, 11) is 0. The molecule has 0 saturated carbocycles. The van der Waals surface area contributed by atoms with Crippen LogP contribution in [0.25, 0.3) is 11.1 Å². The van der Waals surface area contributed by atoms with E-state index in [9.17, 15) is 9.65 Å². The molecule has 4 heteroatoms. The van der Waals surface area contributed by atoms with Gasteiger partial charge in [-0.05, 0) is 48.9 Å². The average Bonchev–Trinajstić information content (AvgIpc) is 2.70. The molecule has 3 rings (SSSR count). The third-order valence-corrected chi connectivity index (χ3v) is 3.98. The van der Waals surface area contributed by atoms with Crippen LogP contribution in [-0.4, -0.2) is 4.98 Å². The molecule has 1 aromatic heterocycles. The number of nitrogens with zero attached hydrogens (tertiary/aromatic N) is 2. The van der Waals surface area contributed by atoms with Gasteiger partial charge < -0.3 is 5.73 Å². The number of nitriles is 1. The van der Waals surface area contributed by atoms with Gasteiger partial charge in [0, 0.05) is 11.3 Å². The number of aromatic nitrogens is 1. The van der Waals surface area contributed by atoms with E-state index in [2.05, 4.69) is 11.1 Å². The molecule has 0 amide bonds. The van der Waals surface area contributed by atoms with Crippen molar-refractivity contribution in [1.82, 2.24) is 4.98 Å². The quantitative estimate of drug-likeness (QED) is 0.812. The van der Waals surface area contributed by atoms with Crippen molar-refractivity contribution in [3.05, 3.63) is 46.9 Å². The van der Waals surface area contributed by atoms with Crippen molar-refractivity contribution in [3.63, 3.8) is 0 Å². The largest absolute Gasteiger partial charge is 0.383 e. The summed E-state index contributed by atoms with van der Waals surface area (Å²) in [6.45, 7) is 0. The van der Waals surface area contributed by atoms with Crippen molar-refractivity contribution in [2.45, 2.75) is 32.1 Å². The van der Waals surface area contributed by atoms with Crippen LogP contribution < -0.4 is 5.73 Å². The van der Waals surface area contributed by atoms with E-state index >= 15 is 0 Å². The van der Waals surface area contributed by atoms with Crippen LogP contribution >= 0.6 is 0 Å². The summed E-state index contributed by atoms with van der Waals surface area (Å²) in [5.74, 6) is -0.0634. The number of nitrogen functional groups attached to an aromatic ring is 1. The molecular formula is C17H16FN3. The topological polar surface area (TPSA) is 62.7 Å². The zero-order valence-corrected chi connectivity index (χ0v) is 11.7.